The Morgan fingerprint density at radius 2 is 1.83 bits per heavy atom. The van der Waals surface area contributed by atoms with Gasteiger partial charge < -0.3 is 20.7 Å². The number of thioether (sulfide) groups is 1. The van der Waals surface area contributed by atoms with Crippen LogP contribution in [0.1, 0.15) is 33.6 Å². The summed E-state index contributed by atoms with van der Waals surface area (Å²) in [6.45, 7) is 4.99. The highest BCUT2D eigenvalue weighted by Gasteiger charge is 2.21. The fraction of sp³-hybridized carbons (Fsp3) is 0.733. The Morgan fingerprint density at radius 3 is 2.30 bits per heavy atom. The van der Waals surface area contributed by atoms with Crippen molar-refractivity contribution in [2.24, 2.45) is 5.92 Å². The molecule has 2 atom stereocenters. The zero-order valence-corrected chi connectivity index (χ0v) is 15.0. The Kier molecular flexibility index (Phi) is 11.1. The predicted octanol–water partition coefficient (Wildman–Crippen LogP) is 0.0902. The van der Waals surface area contributed by atoms with Crippen molar-refractivity contribution in [3.63, 3.8) is 0 Å². The van der Waals surface area contributed by atoms with Gasteiger partial charge in [0.15, 0.2) is 0 Å². The van der Waals surface area contributed by atoms with Crippen molar-refractivity contribution in [3.05, 3.63) is 0 Å². The Bertz CT molecular complexity index is 416. The average molecular weight is 345 g/mol. The van der Waals surface area contributed by atoms with Crippen molar-refractivity contribution in [2.75, 3.05) is 18.6 Å². The van der Waals surface area contributed by atoms with Crippen molar-refractivity contribution in [1.82, 2.24) is 16.0 Å². The molecule has 0 unspecified atom stereocenters. The highest BCUT2D eigenvalue weighted by Crippen LogP contribution is 2.05. The van der Waals surface area contributed by atoms with E-state index in [2.05, 4.69) is 16.0 Å². The smallest absolute Gasteiger partial charge is 0.243 e. The van der Waals surface area contributed by atoms with Gasteiger partial charge in [0.25, 0.3) is 0 Å². The molecular weight excluding hydrogens is 318 g/mol. The first kappa shape index (κ1) is 21.4. The Hall–Kier alpha value is -1.57. The molecule has 132 valence electrons. The van der Waals surface area contributed by atoms with E-state index in [1.54, 1.807) is 11.8 Å². The van der Waals surface area contributed by atoms with Crippen molar-refractivity contribution < 1.29 is 19.2 Å². The van der Waals surface area contributed by atoms with Crippen LogP contribution in [0.5, 0.6) is 0 Å². The summed E-state index contributed by atoms with van der Waals surface area (Å²) in [5, 5.41) is 7.62. The second-order valence-electron chi connectivity index (χ2n) is 5.69. The quantitative estimate of drug-likeness (QED) is 0.460. The number of aldehydes is 1. The van der Waals surface area contributed by atoms with Crippen LogP contribution < -0.4 is 16.0 Å². The lowest BCUT2D eigenvalue weighted by atomic mass is 10.0. The van der Waals surface area contributed by atoms with Gasteiger partial charge in [0.1, 0.15) is 12.3 Å². The first-order valence-electron chi connectivity index (χ1n) is 7.58. The van der Waals surface area contributed by atoms with Crippen molar-refractivity contribution >= 4 is 35.8 Å². The fourth-order valence-corrected chi connectivity index (χ4v) is 2.41. The molecule has 0 fully saturated rings. The van der Waals surface area contributed by atoms with Gasteiger partial charge in [-0.2, -0.15) is 11.8 Å². The van der Waals surface area contributed by atoms with Crippen LogP contribution in [0, 0.1) is 5.92 Å². The number of hydrogen-bond donors (Lipinski definition) is 3. The van der Waals surface area contributed by atoms with Crippen LogP contribution in [0.4, 0.5) is 0 Å². The van der Waals surface area contributed by atoms with Crippen LogP contribution in [0.3, 0.4) is 0 Å². The molecule has 0 aromatic carbocycles. The summed E-state index contributed by atoms with van der Waals surface area (Å²) in [4.78, 5) is 45.9. The average Bonchev–Trinajstić information content (AvgIpc) is 2.47. The maximum absolute atomic E-state index is 12.1. The molecule has 0 aliphatic carbocycles. The molecular formula is C15H27N3O4S. The monoisotopic (exact) mass is 345 g/mol. The predicted molar refractivity (Wildman–Crippen MR) is 91.1 cm³/mol. The van der Waals surface area contributed by atoms with Crippen LogP contribution in [-0.2, 0) is 19.2 Å². The van der Waals surface area contributed by atoms with Gasteiger partial charge in [0.05, 0.1) is 12.6 Å². The maximum atomic E-state index is 12.1. The molecule has 7 nitrogen and oxygen atoms in total. The lowest BCUT2D eigenvalue weighted by Gasteiger charge is -2.19. The summed E-state index contributed by atoms with van der Waals surface area (Å²) in [6.07, 6.45) is 3.64. The minimum absolute atomic E-state index is 0.220. The molecule has 3 amide bonds. The van der Waals surface area contributed by atoms with Crippen LogP contribution in [0.15, 0.2) is 0 Å². The number of amides is 3. The molecule has 0 saturated heterocycles. The minimum atomic E-state index is -0.668. The molecule has 0 aromatic rings. The molecule has 0 aliphatic rings. The molecule has 23 heavy (non-hydrogen) atoms. The van der Waals surface area contributed by atoms with Gasteiger partial charge in [-0.25, -0.2) is 0 Å². The molecule has 0 bridgehead atoms. The third-order valence-corrected chi connectivity index (χ3v) is 3.61. The third-order valence-electron chi connectivity index (χ3n) is 2.97. The summed E-state index contributed by atoms with van der Waals surface area (Å²) in [7, 11) is 0. The summed E-state index contributed by atoms with van der Waals surface area (Å²) in [6, 6.07) is -1.22. The van der Waals surface area contributed by atoms with E-state index in [9.17, 15) is 19.2 Å². The second-order valence-corrected chi connectivity index (χ2v) is 6.68. The van der Waals surface area contributed by atoms with E-state index < -0.39 is 23.9 Å². The third kappa shape index (κ3) is 10.7. The molecule has 3 N–H and O–H groups in total. The summed E-state index contributed by atoms with van der Waals surface area (Å²) >= 11 is 1.59. The van der Waals surface area contributed by atoms with E-state index in [1.807, 2.05) is 20.1 Å². The number of rotatable bonds is 11. The number of nitrogens with one attached hydrogen (secondary N) is 3. The van der Waals surface area contributed by atoms with E-state index in [4.69, 9.17) is 0 Å². The zero-order chi connectivity index (χ0) is 17.8. The van der Waals surface area contributed by atoms with Gasteiger partial charge in [-0.15, -0.1) is 0 Å². The number of carbonyl (C=O) groups excluding carboxylic acids is 4. The van der Waals surface area contributed by atoms with E-state index in [-0.39, 0.29) is 18.4 Å². The number of hydrogen-bond acceptors (Lipinski definition) is 5. The standard InChI is InChI=1S/C15H27N3O4S/c1-10(2)7-13(17-11(3)20)15(22)16-8-14(21)18-12(9-19)5-6-23-4/h9-10,12-13H,5-8H2,1-4H3,(H,16,22)(H,17,20)(H,18,21)/t12-,13-/m0/s1. The van der Waals surface area contributed by atoms with Crippen LogP contribution >= 0.6 is 11.8 Å². The molecule has 0 aromatic heterocycles. The van der Waals surface area contributed by atoms with Gasteiger partial charge >= 0.3 is 0 Å². The van der Waals surface area contributed by atoms with Gasteiger partial charge in [0.2, 0.25) is 17.7 Å². The van der Waals surface area contributed by atoms with E-state index in [0.29, 0.717) is 19.1 Å². The van der Waals surface area contributed by atoms with E-state index in [1.165, 1.54) is 6.92 Å². The van der Waals surface area contributed by atoms with Crippen LogP contribution in [0.25, 0.3) is 0 Å². The number of carbonyl (C=O) groups is 4. The van der Waals surface area contributed by atoms with Crippen LogP contribution in [-0.4, -0.2) is 54.6 Å². The van der Waals surface area contributed by atoms with Crippen molar-refractivity contribution in [1.29, 1.82) is 0 Å². The van der Waals surface area contributed by atoms with Crippen molar-refractivity contribution in [2.45, 2.75) is 45.7 Å². The van der Waals surface area contributed by atoms with Gasteiger partial charge in [-0.3, -0.25) is 14.4 Å². The summed E-state index contributed by atoms with van der Waals surface area (Å²) in [5.41, 5.74) is 0. The normalized spacial score (nSPS) is 13.1. The zero-order valence-electron chi connectivity index (χ0n) is 14.2. The van der Waals surface area contributed by atoms with Gasteiger partial charge in [-0.1, -0.05) is 13.8 Å². The Morgan fingerprint density at radius 1 is 1.17 bits per heavy atom. The first-order chi connectivity index (χ1) is 10.8. The lowest BCUT2D eigenvalue weighted by Crippen LogP contribution is -2.50. The molecule has 8 heteroatoms. The molecule has 0 aliphatic heterocycles. The molecule has 0 saturated carbocycles. The van der Waals surface area contributed by atoms with Crippen LogP contribution in [0.2, 0.25) is 0 Å². The van der Waals surface area contributed by atoms with E-state index in [0.717, 1.165) is 5.75 Å². The second kappa shape index (κ2) is 11.9. The molecule has 0 radical (unpaired) electrons. The Labute approximate surface area is 141 Å². The SMILES string of the molecule is CSCC[C@@H](C=O)NC(=O)CNC(=O)[C@H](CC(C)C)NC(C)=O. The molecule has 0 rings (SSSR count). The summed E-state index contributed by atoms with van der Waals surface area (Å²) < 4.78 is 0. The molecule has 0 heterocycles. The lowest BCUT2D eigenvalue weighted by molar-refractivity contribution is -0.130. The van der Waals surface area contributed by atoms with Gasteiger partial charge in [0, 0.05) is 6.92 Å². The summed E-state index contributed by atoms with van der Waals surface area (Å²) in [5.74, 6) is -0.154. The van der Waals surface area contributed by atoms with Crippen molar-refractivity contribution in [3.8, 4) is 0 Å². The highest BCUT2D eigenvalue weighted by atomic mass is 32.2. The first-order valence-corrected chi connectivity index (χ1v) is 8.97. The largest absolute Gasteiger partial charge is 0.345 e. The highest BCUT2D eigenvalue weighted by molar-refractivity contribution is 7.98. The fourth-order valence-electron chi connectivity index (χ4n) is 1.92. The molecule has 0 spiro atoms. The topological polar surface area (TPSA) is 104 Å². The van der Waals surface area contributed by atoms with E-state index >= 15 is 0 Å². The maximum Gasteiger partial charge on any atom is 0.243 e. The Balaban J connectivity index is 4.38. The minimum Gasteiger partial charge on any atom is -0.345 e. The van der Waals surface area contributed by atoms with Gasteiger partial charge in [-0.05, 0) is 30.8 Å².